The molecule has 0 unspecified atom stereocenters. The van der Waals surface area contributed by atoms with Crippen LogP contribution in [-0.2, 0) is 6.54 Å². The maximum atomic E-state index is 11.0. The quantitative estimate of drug-likeness (QED) is 0.757. The molecule has 88 valence electrons. The number of hydrogen-bond acceptors (Lipinski definition) is 3. The van der Waals surface area contributed by atoms with E-state index in [1.807, 2.05) is 31.2 Å². The molecule has 0 saturated carbocycles. The van der Waals surface area contributed by atoms with Crippen molar-refractivity contribution >= 4 is 6.29 Å². The van der Waals surface area contributed by atoms with Crippen LogP contribution in [0.1, 0.15) is 17.3 Å². The van der Waals surface area contributed by atoms with Crippen LogP contribution in [0, 0.1) is 0 Å². The second kappa shape index (κ2) is 4.82. The van der Waals surface area contributed by atoms with Gasteiger partial charge < -0.3 is 4.74 Å². The van der Waals surface area contributed by atoms with Crippen LogP contribution in [0.3, 0.4) is 0 Å². The number of hydrogen-bond donors (Lipinski definition) is 0. The van der Waals surface area contributed by atoms with Crippen molar-refractivity contribution in [1.29, 1.82) is 0 Å². The number of methoxy groups -OCH3 is 1. The van der Waals surface area contributed by atoms with Gasteiger partial charge in [0.05, 0.1) is 24.6 Å². The summed E-state index contributed by atoms with van der Waals surface area (Å²) in [6.07, 6.45) is 2.42. The highest BCUT2D eigenvalue weighted by Crippen LogP contribution is 2.26. The average molecular weight is 230 g/mol. The summed E-state index contributed by atoms with van der Waals surface area (Å²) in [6.45, 7) is 2.71. The number of nitrogens with zero attached hydrogens (tertiary/aromatic N) is 2. The normalized spacial score (nSPS) is 10.2. The smallest absolute Gasteiger partial charge is 0.153 e. The number of carbonyl (C=O) groups is 1. The Kier molecular flexibility index (Phi) is 3.23. The van der Waals surface area contributed by atoms with Crippen LogP contribution in [-0.4, -0.2) is 23.2 Å². The number of rotatable bonds is 4. The summed E-state index contributed by atoms with van der Waals surface area (Å²) in [5.74, 6) is 0.767. The first-order chi connectivity index (χ1) is 8.30. The van der Waals surface area contributed by atoms with Crippen molar-refractivity contribution in [3.63, 3.8) is 0 Å². The summed E-state index contributed by atoms with van der Waals surface area (Å²) in [5.41, 5.74) is 2.37. The van der Waals surface area contributed by atoms with E-state index < -0.39 is 0 Å². The second-order valence-electron chi connectivity index (χ2n) is 3.61. The second-order valence-corrected chi connectivity index (χ2v) is 3.61. The van der Waals surface area contributed by atoms with Gasteiger partial charge in [0.1, 0.15) is 5.75 Å². The topological polar surface area (TPSA) is 44.1 Å². The van der Waals surface area contributed by atoms with Gasteiger partial charge >= 0.3 is 0 Å². The van der Waals surface area contributed by atoms with Crippen molar-refractivity contribution < 1.29 is 9.53 Å². The summed E-state index contributed by atoms with van der Waals surface area (Å²) >= 11 is 0. The molecule has 1 heterocycles. The van der Waals surface area contributed by atoms with Gasteiger partial charge in [-0.15, -0.1) is 0 Å². The SMILES string of the molecule is CCn1ncc(C=O)c1-c1cccc(OC)c1. The monoisotopic (exact) mass is 230 g/mol. The van der Waals surface area contributed by atoms with E-state index in [1.54, 1.807) is 18.0 Å². The van der Waals surface area contributed by atoms with Gasteiger partial charge in [-0.05, 0) is 19.1 Å². The molecule has 0 amide bonds. The maximum Gasteiger partial charge on any atom is 0.153 e. The minimum absolute atomic E-state index is 0.597. The van der Waals surface area contributed by atoms with Crippen LogP contribution < -0.4 is 4.74 Å². The van der Waals surface area contributed by atoms with Gasteiger partial charge in [-0.3, -0.25) is 9.48 Å². The van der Waals surface area contributed by atoms with Gasteiger partial charge in [0.15, 0.2) is 6.29 Å². The van der Waals surface area contributed by atoms with Crippen LogP contribution in [0.4, 0.5) is 0 Å². The fraction of sp³-hybridized carbons (Fsp3) is 0.231. The lowest BCUT2D eigenvalue weighted by molar-refractivity contribution is 0.112. The lowest BCUT2D eigenvalue weighted by Gasteiger charge is -2.07. The zero-order chi connectivity index (χ0) is 12.3. The Labute approximate surface area is 99.8 Å². The summed E-state index contributed by atoms with van der Waals surface area (Å²) in [4.78, 5) is 11.0. The Morgan fingerprint density at radius 3 is 2.94 bits per heavy atom. The first kappa shape index (κ1) is 11.4. The van der Waals surface area contributed by atoms with Crippen molar-refractivity contribution in [1.82, 2.24) is 9.78 Å². The molecule has 0 N–H and O–H groups in total. The Hall–Kier alpha value is -2.10. The third-order valence-corrected chi connectivity index (χ3v) is 2.64. The summed E-state index contributed by atoms with van der Waals surface area (Å²) in [5, 5.41) is 4.18. The molecule has 0 atom stereocenters. The van der Waals surface area contributed by atoms with E-state index in [0.717, 1.165) is 29.8 Å². The minimum atomic E-state index is 0.597. The van der Waals surface area contributed by atoms with Crippen LogP contribution in [0.5, 0.6) is 5.75 Å². The predicted octanol–water partition coefficient (Wildman–Crippen LogP) is 2.39. The molecule has 4 heteroatoms. The van der Waals surface area contributed by atoms with E-state index in [-0.39, 0.29) is 0 Å². The molecule has 0 aliphatic heterocycles. The Morgan fingerprint density at radius 1 is 1.47 bits per heavy atom. The number of aryl methyl sites for hydroxylation is 1. The van der Waals surface area contributed by atoms with E-state index in [4.69, 9.17) is 4.74 Å². The zero-order valence-corrected chi connectivity index (χ0v) is 9.88. The molecule has 1 aromatic carbocycles. The molecule has 2 aromatic rings. The molecule has 0 fully saturated rings. The van der Waals surface area contributed by atoms with E-state index in [1.165, 1.54) is 0 Å². The van der Waals surface area contributed by atoms with Crippen molar-refractivity contribution in [2.24, 2.45) is 0 Å². The number of ether oxygens (including phenoxy) is 1. The van der Waals surface area contributed by atoms with E-state index in [0.29, 0.717) is 5.56 Å². The Bertz CT molecular complexity index is 532. The van der Waals surface area contributed by atoms with E-state index in [2.05, 4.69) is 5.10 Å². The molecule has 0 radical (unpaired) electrons. The molecule has 0 spiro atoms. The van der Waals surface area contributed by atoms with E-state index >= 15 is 0 Å². The largest absolute Gasteiger partial charge is 0.497 e. The number of carbonyl (C=O) groups excluding carboxylic acids is 1. The van der Waals surface area contributed by atoms with Gasteiger partial charge in [0, 0.05) is 12.1 Å². The van der Waals surface area contributed by atoms with Crippen LogP contribution in [0.15, 0.2) is 30.5 Å². The van der Waals surface area contributed by atoms with Crippen LogP contribution >= 0.6 is 0 Å². The Morgan fingerprint density at radius 2 is 2.29 bits per heavy atom. The highest BCUT2D eigenvalue weighted by molar-refractivity contribution is 5.85. The highest BCUT2D eigenvalue weighted by atomic mass is 16.5. The molecule has 0 aliphatic rings. The number of benzene rings is 1. The number of aldehydes is 1. The molecule has 17 heavy (non-hydrogen) atoms. The molecule has 0 saturated heterocycles. The maximum absolute atomic E-state index is 11.0. The lowest BCUT2D eigenvalue weighted by Crippen LogP contribution is -2.00. The van der Waals surface area contributed by atoms with Crippen LogP contribution in [0.2, 0.25) is 0 Å². The molecule has 0 aliphatic carbocycles. The zero-order valence-electron chi connectivity index (χ0n) is 9.88. The molecular formula is C13H14N2O2. The van der Waals surface area contributed by atoms with Gasteiger partial charge in [0.25, 0.3) is 0 Å². The third-order valence-electron chi connectivity index (χ3n) is 2.64. The molecule has 2 rings (SSSR count). The third kappa shape index (κ3) is 2.06. The fourth-order valence-corrected chi connectivity index (χ4v) is 1.81. The van der Waals surface area contributed by atoms with Gasteiger partial charge in [-0.25, -0.2) is 0 Å². The van der Waals surface area contributed by atoms with Crippen molar-refractivity contribution in [2.75, 3.05) is 7.11 Å². The fourth-order valence-electron chi connectivity index (χ4n) is 1.81. The Balaban J connectivity index is 2.57. The van der Waals surface area contributed by atoms with Crippen molar-refractivity contribution in [2.45, 2.75) is 13.5 Å². The minimum Gasteiger partial charge on any atom is -0.497 e. The van der Waals surface area contributed by atoms with Crippen molar-refractivity contribution in [3.8, 4) is 17.0 Å². The molecule has 0 bridgehead atoms. The molecule has 1 aromatic heterocycles. The lowest BCUT2D eigenvalue weighted by atomic mass is 10.1. The van der Waals surface area contributed by atoms with Gasteiger partial charge in [-0.2, -0.15) is 5.10 Å². The predicted molar refractivity (Wildman–Crippen MR) is 65.3 cm³/mol. The summed E-state index contributed by atoms with van der Waals surface area (Å²) < 4.78 is 6.99. The highest BCUT2D eigenvalue weighted by Gasteiger charge is 2.11. The van der Waals surface area contributed by atoms with Gasteiger partial charge in [0.2, 0.25) is 0 Å². The van der Waals surface area contributed by atoms with Gasteiger partial charge in [-0.1, -0.05) is 12.1 Å². The van der Waals surface area contributed by atoms with E-state index in [9.17, 15) is 4.79 Å². The number of aromatic nitrogens is 2. The van der Waals surface area contributed by atoms with Crippen molar-refractivity contribution in [3.05, 3.63) is 36.0 Å². The molecule has 4 nitrogen and oxygen atoms in total. The first-order valence-electron chi connectivity index (χ1n) is 5.45. The first-order valence-corrected chi connectivity index (χ1v) is 5.45. The average Bonchev–Trinajstić information content (AvgIpc) is 2.81. The van der Waals surface area contributed by atoms with Crippen LogP contribution in [0.25, 0.3) is 11.3 Å². The summed E-state index contributed by atoms with van der Waals surface area (Å²) in [7, 11) is 1.62. The molecular weight excluding hydrogens is 216 g/mol. The standard InChI is InChI=1S/C13H14N2O2/c1-3-15-13(11(9-16)8-14-15)10-5-4-6-12(7-10)17-2/h4-9H,3H2,1-2H3. The summed E-state index contributed by atoms with van der Waals surface area (Å²) in [6, 6.07) is 7.61.